The normalized spacial score (nSPS) is 12.0. The molecular weight excluding hydrogens is 350 g/mol. The molecule has 0 amide bonds. The Balaban J connectivity index is 3.84. The molecule has 0 aliphatic heterocycles. The first-order valence-electron chi connectivity index (χ1n) is 14.0. The molecule has 0 radical (unpaired) electrons. The zero-order chi connectivity index (χ0) is 21.5. The van der Waals surface area contributed by atoms with Crippen LogP contribution in [-0.4, -0.2) is 31.2 Å². The van der Waals surface area contributed by atoms with Crippen LogP contribution < -0.4 is 0 Å². The van der Waals surface area contributed by atoms with Crippen molar-refractivity contribution in [3.05, 3.63) is 0 Å². The van der Waals surface area contributed by atoms with Crippen LogP contribution in [0.25, 0.3) is 0 Å². The van der Waals surface area contributed by atoms with Gasteiger partial charge in [0.2, 0.25) is 0 Å². The lowest BCUT2D eigenvalue weighted by atomic mass is 10.1. The van der Waals surface area contributed by atoms with E-state index < -0.39 is 0 Å². The molecule has 0 saturated carbocycles. The van der Waals surface area contributed by atoms with Crippen molar-refractivity contribution in [3.8, 4) is 0 Å². The Labute approximate surface area is 187 Å². The van der Waals surface area contributed by atoms with E-state index in [1.165, 1.54) is 159 Å². The molecule has 0 unspecified atom stereocenters. The van der Waals surface area contributed by atoms with Crippen molar-refractivity contribution >= 4 is 0 Å². The first-order chi connectivity index (χ1) is 14.2. The Morgan fingerprint density at radius 1 is 0.310 bits per heavy atom. The van der Waals surface area contributed by atoms with Crippen molar-refractivity contribution < 1.29 is 4.48 Å². The molecule has 1 heteroatoms. The molecule has 0 rings (SSSR count). The highest BCUT2D eigenvalue weighted by Crippen LogP contribution is 2.16. The van der Waals surface area contributed by atoms with Gasteiger partial charge >= 0.3 is 0 Å². The van der Waals surface area contributed by atoms with E-state index in [0.29, 0.717) is 0 Å². The number of quaternary nitrogens is 1. The highest BCUT2D eigenvalue weighted by atomic mass is 15.3. The summed E-state index contributed by atoms with van der Waals surface area (Å²) >= 11 is 0. The van der Waals surface area contributed by atoms with Gasteiger partial charge in [0.1, 0.15) is 0 Å². The molecule has 176 valence electrons. The second kappa shape index (κ2) is 22.6. The minimum Gasteiger partial charge on any atom is -0.326 e. The average molecular weight is 411 g/mol. The van der Waals surface area contributed by atoms with Gasteiger partial charge in [-0.05, 0) is 38.5 Å². The lowest BCUT2D eigenvalue weighted by Gasteiger charge is -2.35. The molecular formula is C28H60N+. The van der Waals surface area contributed by atoms with Crippen LogP contribution in [0.1, 0.15) is 156 Å². The summed E-state index contributed by atoms with van der Waals surface area (Å²) in [5, 5.41) is 0. The second-order valence-corrected chi connectivity index (χ2v) is 10.2. The van der Waals surface area contributed by atoms with E-state index in [-0.39, 0.29) is 0 Å². The average Bonchev–Trinajstić information content (AvgIpc) is 2.72. The summed E-state index contributed by atoms with van der Waals surface area (Å²) in [5.74, 6) is 0. The van der Waals surface area contributed by atoms with Gasteiger partial charge in [-0.3, -0.25) is 0 Å². The highest BCUT2D eigenvalue weighted by molar-refractivity contribution is 4.51. The molecule has 29 heavy (non-hydrogen) atoms. The fourth-order valence-electron chi connectivity index (χ4n) is 4.69. The lowest BCUT2D eigenvalue weighted by Crippen LogP contribution is -2.46. The maximum Gasteiger partial charge on any atom is 0.0784 e. The molecule has 0 aromatic carbocycles. The van der Waals surface area contributed by atoms with Crippen molar-refractivity contribution in [2.24, 2.45) is 0 Å². The highest BCUT2D eigenvalue weighted by Gasteiger charge is 2.19. The van der Waals surface area contributed by atoms with E-state index in [2.05, 4.69) is 27.8 Å². The summed E-state index contributed by atoms with van der Waals surface area (Å²) in [6, 6.07) is 0. The molecule has 0 fully saturated rings. The van der Waals surface area contributed by atoms with Crippen molar-refractivity contribution in [2.75, 3.05) is 26.7 Å². The maximum atomic E-state index is 2.56. The predicted molar refractivity (Wildman–Crippen MR) is 135 cm³/mol. The minimum absolute atomic E-state index is 1.35. The van der Waals surface area contributed by atoms with Crippen LogP contribution in [-0.2, 0) is 0 Å². The van der Waals surface area contributed by atoms with Crippen molar-refractivity contribution in [1.82, 2.24) is 0 Å². The zero-order valence-electron chi connectivity index (χ0n) is 21.4. The van der Waals surface area contributed by atoms with Crippen molar-refractivity contribution in [3.63, 3.8) is 0 Å². The van der Waals surface area contributed by atoms with Crippen LogP contribution >= 0.6 is 0 Å². The number of rotatable bonds is 24. The van der Waals surface area contributed by atoms with Gasteiger partial charge in [0.05, 0.1) is 26.7 Å². The summed E-state index contributed by atoms with van der Waals surface area (Å²) in [6.45, 7) is 11.2. The van der Waals surface area contributed by atoms with Crippen LogP contribution in [0.2, 0.25) is 0 Å². The third-order valence-corrected chi connectivity index (χ3v) is 6.90. The maximum absolute atomic E-state index is 2.56. The molecule has 0 heterocycles. The van der Waals surface area contributed by atoms with E-state index in [1.807, 2.05) is 0 Å². The molecule has 0 bridgehead atoms. The molecule has 0 spiro atoms. The standard InChI is InChI=1S/C28H60N/c1-5-8-11-13-15-17-19-21-24-27-29(4,26-23-10-7-3)28-25-22-20-18-16-14-12-9-6-2/h5-28H2,1-4H3/q+1. The minimum atomic E-state index is 1.35. The van der Waals surface area contributed by atoms with Gasteiger partial charge in [-0.2, -0.15) is 0 Å². The first kappa shape index (κ1) is 29.0. The molecule has 0 aliphatic carbocycles. The Bertz CT molecular complexity index is 277. The third kappa shape index (κ3) is 21.0. The third-order valence-electron chi connectivity index (χ3n) is 6.90. The molecule has 0 aliphatic rings. The lowest BCUT2D eigenvalue weighted by molar-refractivity contribution is -0.910. The van der Waals surface area contributed by atoms with Gasteiger partial charge in [0, 0.05) is 0 Å². The van der Waals surface area contributed by atoms with Gasteiger partial charge in [-0.25, -0.2) is 0 Å². The van der Waals surface area contributed by atoms with E-state index in [9.17, 15) is 0 Å². The first-order valence-corrected chi connectivity index (χ1v) is 14.0. The van der Waals surface area contributed by atoms with Crippen LogP contribution in [0.4, 0.5) is 0 Å². The van der Waals surface area contributed by atoms with Gasteiger partial charge in [0.25, 0.3) is 0 Å². The summed E-state index contributed by atoms with van der Waals surface area (Å²) in [7, 11) is 2.56. The fraction of sp³-hybridized carbons (Fsp3) is 1.00. The number of unbranched alkanes of at least 4 members (excludes halogenated alkanes) is 18. The Hall–Kier alpha value is -0.0400. The van der Waals surface area contributed by atoms with Crippen molar-refractivity contribution in [2.45, 2.75) is 156 Å². The smallest absolute Gasteiger partial charge is 0.0784 e. The van der Waals surface area contributed by atoms with Crippen LogP contribution in [0.15, 0.2) is 0 Å². The van der Waals surface area contributed by atoms with Gasteiger partial charge in [0.15, 0.2) is 0 Å². The SMILES string of the molecule is CCCCCCCCCCC[N+](C)(CCCCC)CCCCCCCCCCC. The Morgan fingerprint density at radius 3 is 0.828 bits per heavy atom. The number of nitrogens with zero attached hydrogens (tertiary/aromatic N) is 1. The summed E-state index contributed by atoms with van der Waals surface area (Å²) < 4.78 is 1.35. The van der Waals surface area contributed by atoms with Crippen LogP contribution in [0.3, 0.4) is 0 Å². The number of hydrogen-bond acceptors (Lipinski definition) is 0. The largest absolute Gasteiger partial charge is 0.326 e. The molecule has 0 saturated heterocycles. The van der Waals surface area contributed by atoms with Crippen molar-refractivity contribution in [1.29, 1.82) is 0 Å². The topological polar surface area (TPSA) is 0 Å². The summed E-state index contributed by atoms with van der Waals surface area (Å²) in [4.78, 5) is 0. The molecule has 0 atom stereocenters. The van der Waals surface area contributed by atoms with Crippen LogP contribution in [0, 0.1) is 0 Å². The molecule has 0 aromatic heterocycles. The molecule has 0 N–H and O–H groups in total. The molecule has 1 nitrogen and oxygen atoms in total. The van der Waals surface area contributed by atoms with Gasteiger partial charge < -0.3 is 4.48 Å². The Morgan fingerprint density at radius 2 is 0.517 bits per heavy atom. The second-order valence-electron chi connectivity index (χ2n) is 10.2. The van der Waals surface area contributed by atoms with Gasteiger partial charge in [-0.15, -0.1) is 0 Å². The fourth-order valence-corrected chi connectivity index (χ4v) is 4.69. The van der Waals surface area contributed by atoms with Gasteiger partial charge in [-0.1, -0.05) is 117 Å². The monoisotopic (exact) mass is 410 g/mol. The predicted octanol–water partition coefficient (Wildman–Crippen LogP) is 9.68. The van der Waals surface area contributed by atoms with E-state index >= 15 is 0 Å². The van der Waals surface area contributed by atoms with E-state index in [4.69, 9.17) is 0 Å². The summed E-state index contributed by atoms with van der Waals surface area (Å²) in [6.07, 6.45) is 30.4. The quantitative estimate of drug-likeness (QED) is 0.110. The molecule has 0 aromatic rings. The summed E-state index contributed by atoms with van der Waals surface area (Å²) in [5.41, 5.74) is 0. The number of hydrogen-bond donors (Lipinski definition) is 0. The zero-order valence-corrected chi connectivity index (χ0v) is 21.4. The Kier molecular flexibility index (Phi) is 22.6. The van der Waals surface area contributed by atoms with E-state index in [1.54, 1.807) is 0 Å². The van der Waals surface area contributed by atoms with E-state index in [0.717, 1.165) is 0 Å². The van der Waals surface area contributed by atoms with Crippen LogP contribution in [0.5, 0.6) is 0 Å².